The molecule has 6 nitrogen and oxygen atoms in total. The molecule has 0 spiro atoms. The summed E-state index contributed by atoms with van der Waals surface area (Å²) < 4.78 is 0. The van der Waals surface area contributed by atoms with Gasteiger partial charge >= 0.3 is 0 Å². The standard InChI is InChI=1S/C14H21N5O/c1-16-14(20)12-4-5-13(18-17-12)19-7-9-2-3-11(15)6-10(9)8-19/h4-5,9-11H,2-3,6-8,15H2,1H3,(H,16,20)/t9-,10+,11?/m1/s1. The van der Waals surface area contributed by atoms with E-state index in [1.54, 1.807) is 13.1 Å². The fourth-order valence-corrected chi connectivity index (χ4v) is 3.40. The second-order valence-corrected chi connectivity index (χ2v) is 5.85. The van der Waals surface area contributed by atoms with Crippen molar-refractivity contribution in [2.75, 3.05) is 25.0 Å². The number of anilines is 1. The zero-order chi connectivity index (χ0) is 14.1. The molecule has 1 aromatic heterocycles. The van der Waals surface area contributed by atoms with E-state index in [0.717, 1.165) is 37.7 Å². The molecule has 1 saturated carbocycles. The summed E-state index contributed by atoms with van der Waals surface area (Å²) >= 11 is 0. The number of nitrogens with two attached hydrogens (primary N) is 1. The van der Waals surface area contributed by atoms with Crippen LogP contribution in [0, 0.1) is 11.8 Å². The number of rotatable bonds is 2. The van der Waals surface area contributed by atoms with Gasteiger partial charge in [0.15, 0.2) is 11.5 Å². The summed E-state index contributed by atoms with van der Waals surface area (Å²) in [5, 5.41) is 10.7. The van der Waals surface area contributed by atoms with Crippen molar-refractivity contribution in [3.63, 3.8) is 0 Å². The molecule has 1 saturated heterocycles. The number of aromatic nitrogens is 2. The minimum atomic E-state index is -0.204. The van der Waals surface area contributed by atoms with E-state index in [4.69, 9.17) is 5.73 Å². The third-order valence-electron chi connectivity index (χ3n) is 4.52. The van der Waals surface area contributed by atoms with Gasteiger partial charge < -0.3 is 16.0 Å². The molecule has 0 aromatic carbocycles. The van der Waals surface area contributed by atoms with E-state index in [9.17, 15) is 4.79 Å². The molecule has 0 radical (unpaired) electrons. The third-order valence-corrected chi connectivity index (χ3v) is 4.52. The van der Waals surface area contributed by atoms with Gasteiger partial charge in [-0.2, -0.15) is 0 Å². The van der Waals surface area contributed by atoms with Crippen LogP contribution in [0.4, 0.5) is 5.82 Å². The Labute approximate surface area is 118 Å². The van der Waals surface area contributed by atoms with Crippen LogP contribution < -0.4 is 16.0 Å². The normalized spacial score (nSPS) is 29.1. The SMILES string of the molecule is CNC(=O)c1ccc(N2C[C@H]3CCC(N)C[C@H]3C2)nn1. The second-order valence-electron chi connectivity index (χ2n) is 5.85. The van der Waals surface area contributed by atoms with Crippen LogP contribution in [0.25, 0.3) is 0 Å². The van der Waals surface area contributed by atoms with Crippen LogP contribution in [-0.2, 0) is 0 Å². The largest absolute Gasteiger partial charge is 0.355 e. The van der Waals surface area contributed by atoms with Gasteiger partial charge in [0.05, 0.1) is 0 Å². The van der Waals surface area contributed by atoms with Crippen molar-refractivity contribution in [2.24, 2.45) is 17.6 Å². The maximum absolute atomic E-state index is 11.4. The molecule has 1 unspecified atom stereocenters. The van der Waals surface area contributed by atoms with Gasteiger partial charge in [0.25, 0.3) is 5.91 Å². The number of nitrogens with zero attached hydrogens (tertiary/aromatic N) is 3. The van der Waals surface area contributed by atoms with Gasteiger partial charge in [-0.25, -0.2) is 0 Å². The van der Waals surface area contributed by atoms with Crippen molar-refractivity contribution >= 4 is 11.7 Å². The molecule has 3 atom stereocenters. The first-order valence-corrected chi connectivity index (χ1v) is 7.23. The first kappa shape index (κ1) is 13.3. The number of fused-ring (bicyclic) bond motifs is 1. The van der Waals surface area contributed by atoms with E-state index in [1.807, 2.05) is 6.07 Å². The molecule has 1 aliphatic carbocycles. The molecule has 2 aliphatic rings. The Bertz CT molecular complexity index is 489. The average Bonchev–Trinajstić information content (AvgIpc) is 2.89. The van der Waals surface area contributed by atoms with E-state index in [0.29, 0.717) is 17.7 Å². The molecular weight excluding hydrogens is 254 g/mol. The Balaban J connectivity index is 1.70. The molecule has 108 valence electrons. The van der Waals surface area contributed by atoms with E-state index in [1.165, 1.54) is 6.42 Å². The number of amides is 1. The van der Waals surface area contributed by atoms with Crippen LogP contribution >= 0.6 is 0 Å². The lowest BCUT2D eigenvalue weighted by Crippen LogP contribution is -2.32. The van der Waals surface area contributed by atoms with Crippen LogP contribution in [0.1, 0.15) is 29.8 Å². The zero-order valence-corrected chi connectivity index (χ0v) is 11.7. The van der Waals surface area contributed by atoms with Crippen LogP contribution in [-0.4, -0.2) is 42.3 Å². The van der Waals surface area contributed by atoms with Gasteiger partial charge in [-0.1, -0.05) is 0 Å². The van der Waals surface area contributed by atoms with Crippen molar-refractivity contribution in [3.05, 3.63) is 17.8 Å². The highest BCUT2D eigenvalue weighted by molar-refractivity contribution is 5.91. The Morgan fingerprint density at radius 3 is 2.80 bits per heavy atom. The van der Waals surface area contributed by atoms with Crippen molar-refractivity contribution in [1.29, 1.82) is 0 Å². The Morgan fingerprint density at radius 1 is 1.30 bits per heavy atom. The number of nitrogens with one attached hydrogen (secondary N) is 1. The average molecular weight is 275 g/mol. The minimum Gasteiger partial charge on any atom is -0.355 e. The molecule has 0 bridgehead atoms. The molecule has 2 fully saturated rings. The third kappa shape index (κ3) is 2.47. The van der Waals surface area contributed by atoms with E-state index < -0.39 is 0 Å². The summed E-state index contributed by atoms with van der Waals surface area (Å²) in [4.78, 5) is 13.7. The summed E-state index contributed by atoms with van der Waals surface area (Å²) in [7, 11) is 1.59. The van der Waals surface area contributed by atoms with E-state index in [2.05, 4.69) is 20.4 Å². The van der Waals surface area contributed by atoms with Crippen molar-refractivity contribution in [1.82, 2.24) is 15.5 Å². The van der Waals surface area contributed by atoms with Crippen molar-refractivity contribution in [2.45, 2.75) is 25.3 Å². The summed E-state index contributed by atoms with van der Waals surface area (Å²) in [5.74, 6) is 2.07. The highest BCUT2D eigenvalue weighted by atomic mass is 16.1. The van der Waals surface area contributed by atoms with Gasteiger partial charge in [0.2, 0.25) is 0 Å². The molecule has 1 aromatic rings. The lowest BCUT2D eigenvalue weighted by molar-refractivity contribution is 0.0957. The molecule has 2 heterocycles. The Morgan fingerprint density at radius 2 is 2.10 bits per heavy atom. The first-order chi connectivity index (χ1) is 9.67. The number of hydrogen-bond acceptors (Lipinski definition) is 5. The monoisotopic (exact) mass is 275 g/mol. The quantitative estimate of drug-likeness (QED) is 0.816. The van der Waals surface area contributed by atoms with Crippen LogP contribution in [0.15, 0.2) is 12.1 Å². The summed E-state index contributed by atoms with van der Waals surface area (Å²) in [6, 6.07) is 3.97. The van der Waals surface area contributed by atoms with Crippen molar-refractivity contribution in [3.8, 4) is 0 Å². The highest BCUT2D eigenvalue weighted by Crippen LogP contribution is 2.36. The van der Waals surface area contributed by atoms with Crippen LogP contribution in [0.3, 0.4) is 0 Å². The lowest BCUT2D eigenvalue weighted by Gasteiger charge is -2.27. The van der Waals surface area contributed by atoms with Gasteiger partial charge in [0.1, 0.15) is 0 Å². The van der Waals surface area contributed by atoms with Crippen LogP contribution in [0.2, 0.25) is 0 Å². The number of carbonyl (C=O) groups excluding carboxylic acids is 1. The van der Waals surface area contributed by atoms with Gasteiger partial charge in [-0.05, 0) is 43.2 Å². The Hall–Kier alpha value is -1.69. The van der Waals surface area contributed by atoms with E-state index >= 15 is 0 Å². The maximum atomic E-state index is 11.4. The zero-order valence-electron chi connectivity index (χ0n) is 11.7. The Kier molecular flexibility index (Phi) is 3.56. The predicted octanol–water partition coefficient (Wildman–Crippen LogP) is 0.400. The smallest absolute Gasteiger partial charge is 0.271 e. The topological polar surface area (TPSA) is 84.1 Å². The molecular formula is C14H21N5O. The lowest BCUT2D eigenvalue weighted by atomic mass is 9.79. The van der Waals surface area contributed by atoms with Gasteiger partial charge in [-0.15, -0.1) is 10.2 Å². The molecule has 6 heteroatoms. The minimum absolute atomic E-state index is 0.204. The highest BCUT2D eigenvalue weighted by Gasteiger charge is 2.37. The second kappa shape index (κ2) is 5.36. The van der Waals surface area contributed by atoms with Crippen molar-refractivity contribution < 1.29 is 4.79 Å². The molecule has 1 aliphatic heterocycles. The number of carbonyl (C=O) groups is 1. The maximum Gasteiger partial charge on any atom is 0.271 e. The van der Waals surface area contributed by atoms with Gasteiger partial charge in [-0.3, -0.25) is 4.79 Å². The predicted molar refractivity (Wildman–Crippen MR) is 76.4 cm³/mol. The molecule has 3 rings (SSSR count). The van der Waals surface area contributed by atoms with E-state index in [-0.39, 0.29) is 5.91 Å². The fraction of sp³-hybridized carbons (Fsp3) is 0.643. The summed E-state index contributed by atoms with van der Waals surface area (Å²) in [6.45, 7) is 2.04. The summed E-state index contributed by atoms with van der Waals surface area (Å²) in [6.07, 6.45) is 3.47. The van der Waals surface area contributed by atoms with Gasteiger partial charge in [0, 0.05) is 26.2 Å². The summed E-state index contributed by atoms with van der Waals surface area (Å²) in [5.41, 5.74) is 6.41. The number of hydrogen-bond donors (Lipinski definition) is 2. The molecule has 3 N–H and O–H groups in total. The molecule has 1 amide bonds. The first-order valence-electron chi connectivity index (χ1n) is 7.23. The fourth-order valence-electron chi connectivity index (χ4n) is 3.40. The molecule has 20 heavy (non-hydrogen) atoms. The van der Waals surface area contributed by atoms with Crippen LogP contribution in [0.5, 0.6) is 0 Å².